The predicted molar refractivity (Wildman–Crippen MR) is 83.1 cm³/mol. The first-order valence-electron chi connectivity index (χ1n) is 6.82. The Kier molecular flexibility index (Phi) is 3.80. The molecule has 1 N–H and O–H groups in total. The first kappa shape index (κ1) is 15.7. The van der Waals surface area contributed by atoms with Gasteiger partial charge in [-0.15, -0.1) is 0 Å². The monoisotopic (exact) mass is 333 g/mol. The molecule has 24 heavy (non-hydrogen) atoms. The quantitative estimate of drug-likeness (QED) is 0.546. The van der Waals surface area contributed by atoms with Crippen molar-refractivity contribution >= 4 is 28.0 Å². The van der Waals surface area contributed by atoms with Gasteiger partial charge < -0.3 is 5.32 Å². The van der Waals surface area contributed by atoms with E-state index in [1.54, 1.807) is 12.1 Å². The second-order valence-electron chi connectivity index (χ2n) is 5.02. The van der Waals surface area contributed by atoms with Crippen molar-refractivity contribution in [1.82, 2.24) is 4.98 Å². The minimum atomic E-state index is -4.45. The van der Waals surface area contributed by atoms with Crippen molar-refractivity contribution in [2.24, 2.45) is 0 Å². The van der Waals surface area contributed by atoms with E-state index in [0.29, 0.717) is 16.8 Å². The molecular formula is C16H10F3N3O2. The van der Waals surface area contributed by atoms with E-state index in [9.17, 15) is 23.3 Å². The number of pyridine rings is 1. The van der Waals surface area contributed by atoms with E-state index in [1.807, 2.05) is 0 Å². The van der Waals surface area contributed by atoms with Gasteiger partial charge in [-0.1, -0.05) is 12.1 Å². The van der Waals surface area contributed by atoms with Crippen LogP contribution in [0.2, 0.25) is 0 Å². The van der Waals surface area contributed by atoms with E-state index < -0.39 is 16.7 Å². The molecule has 0 unspecified atom stereocenters. The number of anilines is 2. The lowest BCUT2D eigenvalue weighted by molar-refractivity contribution is -0.384. The minimum absolute atomic E-state index is 0.0854. The Labute approximate surface area is 133 Å². The highest BCUT2D eigenvalue weighted by atomic mass is 19.4. The third-order valence-corrected chi connectivity index (χ3v) is 3.41. The van der Waals surface area contributed by atoms with Gasteiger partial charge in [-0.3, -0.25) is 15.1 Å². The van der Waals surface area contributed by atoms with Gasteiger partial charge in [0.25, 0.3) is 5.69 Å². The summed E-state index contributed by atoms with van der Waals surface area (Å²) in [6, 6.07) is 10.7. The van der Waals surface area contributed by atoms with Gasteiger partial charge in [0.1, 0.15) is 0 Å². The lowest BCUT2D eigenvalue weighted by Crippen LogP contribution is -2.04. The average molecular weight is 333 g/mol. The molecule has 8 heteroatoms. The molecule has 0 aliphatic carbocycles. The number of aromatic nitrogens is 1. The molecule has 1 heterocycles. The Hall–Kier alpha value is -3.16. The number of nitrogens with zero attached hydrogens (tertiary/aromatic N) is 2. The maximum atomic E-state index is 12.8. The van der Waals surface area contributed by atoms with Crippen LogP contribution in [-0.4, -0.2) is 9.91 Å². The fraction of sp³-hybridized carbons (Fsp3) is 0.0625. The zero-order valence-corrected chi connectivity index (χ0v) is 12.0. The van der Waals surface area contributed by atoms with Crippen LogP contribution in [0.25, 0.3) is 10.9 Å². The van der Waals surface area contributed by atoms with Crippen LogP contribution < -0.4 is 5.32 Å². The van der Waals surface area contributed by atoms with Crippen molar-refractivity contribution in [1.29, 1.82) is 0 Å². The third-order valence-electron chi connectivity index (χ3n) is 3.41. The Morgan fingerprint density at radius 3 is 2.58 bits per heavy atom. The Morgan fingerprint density at radius 1 is 1.08 bits per heavy atom. The summed E-state index contributed by atoms with van der Waals surface area (Å²) < 4.78 is 38.3. The number of nitro benzene ring substituents is 1. The number of non-ortho nitro benzene ring substituents is 1. The summed E-state index contributed by atoms with van der Waals surface area (Å²) in [6.45, 7) is 0. The fourth-order valence-electron chi connectivity index (χ4n) is 2.29. The molecule has 2 aromatic carbocycles. The van der Waals surface area contributed by atoms with Gasteiger partial charge in [-0.05, 0) is 24.3 Å². The van der Waals surface area contributed by atoms with Gasteiger partial charge in [-0.25, -0.2) is 0 Å². The highest BCUT2D eigenvalue weighted by molar-refractivity contribution is 5.93. The first-order chi connectivity index (χ1) is 11.3. The van der Waals surface area contributed by atoms with Crippen LogP contribution in [0.3, 0.4) is 0 Å². The van der Waals surface area contributed by atoms with Crippen molar-refractivity contribution in [3.05, 3.63) is 70.4 Å². The standard InChI is InChI=1S/C16H10F3N3O2/c17-16(18,19)10-4-5-13-14(6-7-20-15(13)8-10)21-11-2-1-3-12(9-11)22(23)24/h1-9H,(H,20,21). The second kappa shape index (κ2) is 5.80. The molecule has 0 amide bonds. The first-order valence-corrected chi connectivity index (χ1v) is 6.82. The molecule has 0 spiro atoms. The predicted octanol–water partition coefficient (Wildman–Crippen LogP) is 4.91. The van der Waals surface area contributed by atoms with Crippen LogP contribution in [0.4, 0.5) is 30.2 Å². The topological polar surface area (TPSA) is 68.1 Å². The third kappa shape index (κ3) is 3.12. The van der Waals surface area contributed by atoms with E-state index >= 15 is 0 Å². The highest BCUT2D eigenvalue weighted by Gasteiger charge is 2.30. The van der Waals surface area contributed by atoms with Crippen molar-refractivity contribution in [2.75, 3.05) is 5.32 Å². The second-order valence-corrected chi connectivity index (χ2v) is 5.02. The van der Waals surface area contributed by atoms with E-state index in [1.165, 1.54) is 30.5 Å². The van der Waals surface area contributed by atoms with Crippen LogP contribution in [-0.2, 0) is 6.18 Å². The number of hydrogen-bond acceptors (Lipinski definition) is 4. The zero-order valence-electron chi connectivity index (χ0n) is 12.0. The highest BCUT2D eigenvalue weighted by Crippen LogP contribution is 2.33. The van der Waals surface area contributed by atoms with Crippen LogP contribution in [0.5, 0.6) is 0 Å². The van der Waals surface area contributed by atoms with Crippen molar-refractivity contribution in [3.63, 3.8) is 0 Å². The van der Waals surface area contributed by atoms with Crippen molar-refractivity contribution in [2.45, 2.75) is 6.18 Å². The molecule has 0 radical (unpaired) electrons. The van der Waals surface area contributed by atoms with Crippen LogP contribution >= 0.6 is 0 Å². The summed E-state index contributed by atoms with van der Waals surface area (Å²) in [5.74, 6) is 0. The maximum Gasteiger partial charge on any atom is 0.416 e. The normalized spacial score (nSPS) is 11.5. The van der Waals surface area contributed by atoms with Crippen LogP contribution in [0, 0.1) is 10.1 Å². The number of hydrogen-bond donors (Lipinski definition) is 1. The summed E-state index contributed by atoms with van der Waals surface area (Å²) in [5, 5.41) is 14.3. The SMILES string of the molecule is O=[N+]([O-])c1cccc(Nc2ccnc3cc(C(F)(F)F)ccc23)c1. The number of fused-ring (bicyclic) bond motifs is 1. The lowest BCUT2D eigenvalue weighted by atomic mass is 10.1. The number of halogens is 3. The van der Waals surface area contributed by atoms with E-state index in [-0.39, 0.29) is 11.2 Å². The molecule has 3 rings (SSSR count). The molecule has 0 saturated heterocycles. The number of alkyl halides is 3. The molecule has 5 nitrogen and oxygen atoms in total. The molecule has 0 bridgehead atoms. The van der Waals surface area contributed by atoms with Crippen molar-refractivity contribution < 1.29 is 18.1 Å². The molecule has 0 aliphatic heterocycles. The van der Waals surface area contributed by atoms with E-state index in [2.05, 4.69) is 10.3 Å². The summed E-state index contributed by atoms with van der Waals surface area (Å²) in [4.78, 5) is 14.2. The largest absolute Gasteiger partial charge is 0.416 e. The molecule has 0 aliphatic rings. The van der Waals surface area contributed by atoms with Crippen LogP contribution in [0.1, 0.15) is 5.56 Å². The zero-order chi connectivity index (χ0) is 17.3. The van der Waals surface area contributed by atoms with Gasteiger partial charge in [0.05, 0.1) is 16.0 Å². The van der Waals surface area contributed by atoms with E-state index in [4.69, 9.17) is 0 Å². The van der Waals surface area contributed by atoms with Gasteiger partial charge in [-0.2, -0.15) is 13.2 Å². The van der Waals surface area contributed by atoms with Crippen molar-refractivity contribution in [3.8, 4) is 0 Å². The van der Waals surface area contributed by atoms with Gasteiger partial charge >= 0.3 is 6.18 Å². The Bertz CT molecular complexity index is 926. The number of nitrogens with one attached hydrogen (secondary N) is 1. The number of nitro groups is 1. The van der Waals surface area contributed by atoms with Gasteiger partial charge in [0.2, 0.25) is 0 Å². The van der Waals surface area contributed by atoms with Gasteiger partial charge in [0, 0.05) is 35.1 Å². The fourth-order valence-corrected chi connectivity index (χ4v) is 2.29. The smallest absolute Gasteiger partial charge is 0.355 e. The molecule has 1 aromatic heterocycles. The summed E-state index contributed by atoms with van der Waals surface area (Å²) >= 11 is 0. The molecular weight excluding hydrogens is 323 g/mol. The summed E-state index contributed by atoms with van der Waals surface area (Å²) in [7, 11) is 0. The Morgan fingerprint density at radius 2 is 1.88 bits per heavy atom. The number of rotatable bonds is 3. The minimum Gasteiger partial charge on any atom is -0.355 e. The maximum absolute atomic E-state index is 12.8. The van der Waals surface area contributed by atoms with Crippen LogP contribution in [0.15, 0.2) is 54.7 Å². The molecule has 0 atom stereocenters. The summed E-state index contributed by atoms with van der Waals surface area (Å²) in [6.07, 6.45) is -3.07. The average Bonchev–Trinajstić information content (AvgIpc) is 2.54. The molecule has 3 aromatic rings. The molecule has 0 saturated carbocycles. The lowest BCUT2D eigenvalue weighted by Gasteiger charge is -2.11. The summed E-state index contributed by atoms with van der Waals surface area (Å²) in [5.41, 5.74) is 0.277. The van der Waals surface area contributed by atoms with E-state index in [0.717, 1.165) is 12.1 Å². The Balaban J connectivity index is 2.01. The molecule has 122 valence electrons. The van der Waals surface area contributed by atoms with Gasteiger partial charge in [0.15, 0.2) is 0 Å². The number of benzene rings is 2. The molecule has 0 fully saturated rings.